The first-order valence-corrected chi connectivity index (χ1v) is 12.4. The number of nitrogens with zero attached hydrogens (tertiary/aromatic N) is 3. The van der Waals surface area contributed by atoms with Crippen molar-refractivity contribution in [3.05, 3.63) is 59.0 Å². The number of hydrogen-bond donors (Lipinski definition) is 2. The van der Waals surface area contributed by atoms with Gasteiger partial charge < -0.3 is 19.7 Å². The summed E-state index contributed by atoms with van der Waals surface area (Å²) >= 11 is 0. The topological polar surface area (TPSA) is 89.1 Å². The lowest BCUT2D eigenvalue weighted by atomic mass is 9.81. The van der Waals surface area contributed by atoms with Crippen molar-refractivity contribution >= 4 is 22.8 Å². The lowest BCUT2D eigenvalue weighted by Gasteiger charge is -2.42. The summed E-state index contributed by atoms with van der Waals surface area (Å²) in [4.78, 5) is 36.4. The first-order chi connectivity index (χ1) is 17.3. The predicted octanol–water partition coefficient (Wildman–Crippen LogP) is 3.79. The third-order valence-corrected chi connectivity index (χ3v) is 7.96. The summed E-state index contributed by atoms with van der Waals surface area (Å²) < 4.78 is 19.8. The molecule has 188 valence electrons. The Balaban J connectivity index is 1.49. The van der Waals surface area contributed by atoms with Crippen LogP contribution in [-0.4, -0.2) is 75.6 Å². The molecule has 0 radical (unpaired) electrons. The zero-order chi connectivity index (χ0) is 25.2. The quantitative estimate of drug-likeness (QED) is 0.529. The number of phenols is 1. The Hall–Kier alpha value is -3.59. The highest BCUT2D eigenvalue weighted by atomic mass is 19.1. The van der Waals surface area contributed by atoms with Crippen LogP contribution in [0.3, 0.4) is 0 Å². The van der Waals surface area contributed by atoms with Gasteiger partial charge in [0.05, 0.1) is 7.11 Å². The van der Waals surface area contributed by atoms with E-state index in [0.717, 1.165) is 36.9 Å². The van der Waals surface area contributed by atoms with Crippen LogP contribution >= 0.6 is 0 Å². The van der Waals surface area contributed by atoms with Crippen LogP contribution in [0.25, 0.3) is 10.9 Å². The second-order valence-electron chi connectivity index (χ2n) is 10.2. The van der Waals surface area contributed by atoms with Crippen LogP contribution in [-0.2, 0) is 11.2 Å². The van der Waals surface area contributed by atoms with E-state index in [2.05, 4.69) is 9.88 Å². The molecule has 3 aromatic rings. The smallest absolute Gasteiger partial charge is 0.328 e. The predicted molar refractivity (Wildman–Crippen MR) is 131 cm³/mol. The Kier molecular flexibility index (Phi) is 5.22. The highest BCUT2D eigenvalue weighted by molar-refractivity contribution is 6.08. The molecule has 8 nitrogen and oxygen atoms in total. The molecular formula is C27H29FN4O4. The zero-order valence-electron chi connectivity index (χ0n) is 20.4. The summed E-state index contributed by atoms with van der Waals surface area (Å²) in [5.74, 6) is -0.545. The van der Waals surface area contributed by atoms with E-state index in [1.807, 2.05) is 6.07 Å². The second kappa shape index (κ2) is 8.23. The molecule has 2 aromatic carbocycles. The third kappa shape index (κ3) is 3.29. The molecule has 9 heteroatoms. The van der Waals surface area contributed by atoms with Crippen LogP contribution < -0.4 is 4.74 Å². The van der Waals surface area contributed by atoms with Gasteiger partial charge in [-0.15, -0.1) is 0 Å². The Labute approximate surface area is 208 Å². The van der Waals surface area contributed by atoms with Crippen molar-refractivity contribution in [1.82, 2.24) is 19.7 Å². The number of aromatic hydroxyl groups is 1. The maximum absolute atomic E-state index is 14.5. The fourth-order valence-electron chi connectivity index (χ4n) is 6.16. The van der Waals surface area contributed by atoms with E-state index in [-0.39, 0.29) is 29.9 Å². The van der Waals surface area contributed by atoms with Gasteiger partial charge in [0, 0.05) is 42.2 Å². The van der Waals surface area contributed by atoms with E-state index in [9.17, 15) is 19.1 Å². The number of halogens is 1. The molecular weight excluding hydrogens is 463 g/mol. The lowest BCUT2D eigenvalue weighted by molar-refractivity contribution is -0.133. The number of amides is 3. The van der Waals surface area contributed by atoms with E-state index in [1.165, 1.54) is 18.1 Å². The van der Waals surface area contributed by atoms with Crippen LogP contribution in [0.2, 0.25) is 0 Å². The summed E-state index contributed by atoms with van der Waals surface area (Å²) in [5, 5.41) is 11.0. The van der Waals surface area contributed by atoms with Gasteiger partial charge in [-0.05, 0) is 62.2 Å². The van der Waals surface area contributed by atoms with Crippen molar-refractivity contribution in [2.75, 3.05) is 33.3 Å². The maximum Gasteiger partial charge on any atom is 0.328 e. The molecule has 3 amide bonds. The molecule has 6 rings (SSSR count). The number of hydrogen-bond acceptors (Lipinski definition) is 5. The molecule has 3 aliphatic rings. The number of aromatic nitrogens is 1. The monoisotopic (exact) mass is 492 g/mol. The number of fused-ring (bicyclic) bond motifs is 4. The number of urea groups is 1. The molecule has 0 spiro atoms. The van der Waals surface area contributed by atoms with Gasteiger partial charge in [0.15, 0.2) is 11.6 Å². The van der Waals surface area contributed by atoms with Crippen LogP contribution in [0, 0.1) is 5.82 Å². The van der Waals surface area contributed by atoms with Crippen molar-refractivity contribution < 1.29 is 23.8 Å². The minimum atomic E-state index is -1.12. The SMILES string of the molecule is COc1cc2c3c([nH]c2cc1F)C(c1cccc(O)c1)N1C(=O)N(CCN2CCCC2)C(=O)C1(C)C3. The second-order valence-corrected chi connectivity index (χ2v) is 10.2. The number of nitrogens with one attached hydrogen (secondary N) is 1. The number of ether oxygens (including phenoxy) is 1. The number of carbonyl (C=O) groups is 2. The van der Waals surface area contributed by atoms with Crippen molar-refractivity contribution in [2.24, 2.45) is 0 Å². The van der Waals surface area contributed by atoms with Gasteiger partial charge in [-0.1, -0.05) is 12.1 Å². The van der Waals surface area contributed by atoms with E-state index in [4.69, 9.17) is 4.74 Å². The Morgan fingerprint density at radius 2 is 1.94 bits per heavy atom. The Morgan fingerprint density at radius 1 is 1.17 bits per heavy atom. The van der Waals surface area contributed by atoms with E-state index in [1.54, 1.807) is 36.1 Å². The molecule has 2 atom stereocenters. The van der Waals surface area contributed by atoms with Crippen molar-refractivity contribution in [3.63, 3.8) is 0 Å². The van der Waals surface area contributed by atoms with E-state index in [0.29, 0.717) is 29.9 Å². The van der Waals surface area contributed by atoms with Crippen LogP contribution in [0.1, 0.15) is 42.6 Å². The van der Waals surface area contributed by atoms with Crippen molar-refractivity contribution in [2.45, 2.75) is 37.8 Å². The minimum absolute atomic E-state index is 0.0639. The highest BCUT2D eigenvalue weighted by Crippen LogP contribution is 2.49. The maximum atomic E-state index is 14.5. The number of aromatic amines is 1. The first-order valence-electron chi connectivity index (χ1n) is 12.4. The fraction of sp³-hybridized carbons (Fsp3) is 0.407. The largest absolute Gasteiger partial charge is 0.508 e. The van der Waals surface area contributed by atoms with Gasteiger partial charge in [-0.3, -0.25) is 14.6 Å². The summed E-state index contributed by atoms with van der Waals surface area (Å²) in [6.45, 7) is 4.77. The van der Waals surface area contributed by atoms with Crippen LogP contribution in [0.15, 0.2) is 36.4 Å². The van der Waals surface area contributed by atoms with Crippen LogP contribution in [0.5, 0.6) is 11.5 Å². The molecule has 4 heterocycles. The summed E-state index contributed by atoms with van der Waals surface area (Å²) in [5.41, 5.74) is 1.67. The van der Waals surface area contributed by atoms with Gasteiger partial charge in [-0.25, -0.2) is 9.18 Å². The van der Waals surface area contributed by atoms with Crippen LogP contribution in [0.4, 0.5) is 9.18 Å². The Morgan fingerprint density at radius 3 is 2.67 bits per heavy atom. The number of imide groups is 1. The van der Waals surface area contributed by atoms with Gasteiger partial charge in [0.25, 0.3) is 5.91 Å². The number of likely N-dealkylation sites (tertiary alicyclic amines) is 1. The van der Waals surface area contributed by atoms with Gasteiger partial charge in [0.2, 0.25) is 0 Å². The summed E-state index contributed by atoms with van der Waals surface area (Å²) in [6.07, 6.45) is 2.56. The third-order valence-electron chi connectivity index (χ3n) is 7.96. The van der Waals surface area contributed by atoms with E-state index >= 15 is 0 Å². The van der Waals surface area contributed by atoms with Gasteiger partial charge >= 0.3 is 6.03 Å². The standard InChI is InChI=1S/C27H29FN4O4/c1-27-15-19-18-13-22(36-2)20(28)14-21(18)29-23(19)24(16-6-5-7-17(33)12-16)32(27)26(35)31(25(27)34)11-10-30-8-3-4-9-30/h5-7,12-14,24,29,33H,3-4,8-11,15H2,1-2H3. The Bertz CT molecular complexity index is 1380. The minimum Gasteiger partial charge on any atom is -0.508 e. The number of rotatable bonds is 5. The summed E-state index contributed by atoms with van der Waals surface area (Å²) in [6, 6.07) is 8.75. The first kappa shape index (κ1) is 22.8. The van der Waals surface area contributed by atoms with Crippen molar-refractivity contribution in [3.8, 4) is 11.5 Å². The molecule has 0 bridgehead atoms. The number of benzene rings is 2. The lowest BCUT2D eigenvalue weighted by Crippen LogP contribution is -2.53. The normalized spacial score (nSPS) is 24.0. The molecule has 36 heavy (non-hydrogen) atoms. The number of H-pyrrole nitrogens is 1. The molecule has 3 aliphatic heterocycles. The zero-order valence-corrected chi connectivity index (χ0v) is 20.4. The number of carbonyl (C=O) groups excluding carboxylic acids is 2. The molecule has 0 aliphatic carbocycles. The molecule has 2 fully saturated rings. The molecule has 1 aromatic heterocycles. The summed E-state index contributed by atoms with van der Waals surface area (Å²) in [7, 11) is 1.42. The average molecular weight is 493 g/mol. The molecule has 2 unspecified atom stereocenters. The van der Waals surface area contributed by atoms with Gasteiger partial charge in [0.1, 0.15) is 17.3 Å². The van der Waals surface area contributed by atoms with Gasteiger partial charge in [-0.2, -0.15) is 0 Å². The molecule has 2 N–H and O–H groups in total. The molecule has 0 saturated carbocycles. The van der Waals surface area contributed by atoms with E-state index < -0.39 is 17.4 Å². The number of methoxy groups -OCH3 is 1. The van der Waals surface area contributed by atoms with Crippen molar-refractivity contribution in [1.29, 1.82) is 0 Å². The highest BCUT2D eigenvalue weighted by Gasteiger charge is 2.60. The molecule has 2 saturated heterocycles. The average Bonchev–Trinajstić information content (AvgIpc) is 3.53. The number of phenolic OH excluding ortho intramolecular Hbond substituents is 1. The fourth-order valence-corrected chi connectivity index (χ4v) is 6.16.